The largest absolute Gasteiger partial charge is 0.293 e. The molecular formula is C20H19NO. The first-order valence-corrected chi connectivity index (χ1v) is 7.76. The van der Waals surface area contributed by atoms with Crippen LogP contribution in [-0.4, -0.2) is 11.5 Å². The predicted molar refractivity (Wildman–Crippen MR) is 89.1 cm³/mol. The fraction of sp³-hybridized carbons (Fsp3) is 0.300. The van der Waals surface area contributed by atoms with E-state index in [-0.39, 0.29) is 11.2 Å². The molecule has 1 atom stereocenters. The zero-order valence-electron chi connectivity index (χ0n) is 13.2. The summed E-state index contributed by atoms with van der Waals surface area (Å²) in [4.78, 5) is 18.2. The summed E-state index contributed by atoms with van der Waals surface area (Å²) in [7, 11) is 0. The van der Waals surface area contributed by atoms with Crippen molar-refractivity contribution in [2.45, 2.75) is 32.6 Å². The Balaban J connectivity index is 2.01. The average molecular weight is 289 g/mol. The van der Waals surface area contributed by atoms with Crippen LogP contribution in [0.2, 0.25) is 0 Å². The number of hydrogen-bond acceptors (Lipinski definition) is 2. The van der Waals surface area contributed by atoms with Crippen molar-refractivity contribution in [3.05, 3.63) is 65.2 Å². The fourth-order valence-corrected chi connectivity index (χ4v) is 3.98. The van der Waals surface area contributed by atoms with E-state index in [1.807, 2.05) is 36.4 Å². The van der Waals surface area contributed by atoms with Gasteiger partial charge in [-0.2, -0.15) is 0 Å². The normalized spacial score (nSPS) is 22.7. The highest BCUT2D eigenvalue weighted by molar-refractivity contribution is 6.27. The van der Waals surface area contributed by atoms with Crippen molar-refractivity contribution in [1.29, 1.82) is 0 Å². The molecule has 1 aliphatic heterocycles. The molecule has 2 aromatic rings. The summed E-state index contributed by atoms with van der Waals surface area (Å²) in [6.07, 6.45) is 0.731. The van der Waals surface area contributed by atoms with E-state index in [9.17, 15) is 4.79 Å². The number of para-hydroxylation sites is 1. The minimum atomic E-state index is -0.599. The minimum absolute atomic E-state index is 0.142. The van der Waals surface area contributed by atoms with Crippen molar-refractivity contribution in [3.8, 4) is 0 Å². The number of fused-ring (bicyclic) bond motifs is 3. The van der Waals surface area contributed by atoms with Gasteiger partial charge in [0, 0.05) is 16.7 Å². The van der Waals surface area contributed by atoms with E-state index in [1.54, 1.807) is 0 Å². The maximum atomic E-state index is 13.4. The Kier molecular flexibility index (Phi) is 2.54. The Morgan fingerprint density at radius 3 is 2.41 bits per heavy atom. The second-order valence-electron chi connectivity index (χ2n) is 7.30. The van der Waals surface area contributed by atoms with Crippen molar-refractivity contribution in [2.24, 2.45) is 10.4 Å². The number of hydrogen-bond donors (Lipinski definition) is 0. The number of carbonyl (C=O) groups excluding carboxylic acids is 1. The lowest BCUT2D eigenvalue weighted by molar-refractivity contribution is 0.0942. The summed E-state index contributed by atoms with van der Waals surface area (Å²) in [5.74, 6) is 0.210. The monoisotopic (exact) mass is 289 g/mol. The van der Waals surface area contributed by atoms with Crippen LogP contribution in [-0.2, 0) is 11.8 Å². The summed E-state index contributed by atoms with van der Waals surface area (Å²) < 4.78 is 0. The Hall–Kier alpha value is -2.22. The van der Waals surface area contributed by atoms with Gasteiger partial charge >= 0.3 is 0 Å². The highest BCUT2D eigenvalue weighted by Gasteiger charge is 2.56. The van der Waals surface area contributed by atoms with E-state index < -0.39 is 5.41 Å². The molecule has 110 valence electrons. The summed E-state index contributed by atoms with van der Waals surface area (Å²) in [6, 6.07) is 16.1. The van der Waals surface area contributed by atoms with Gasteiger partial charge in [0.05, 0.1) is 5.69 Å². The van der Waals surface area contributed by atoms with Crippen molar-refractivity contribution < 1.29 is 4.79 Å². The molecule has 22 heavy (non-hydrogen) atoms. The number of carbonyl (C=O) groups is 1. The van der Waals surface area contributed by atoms with E-state index >= 15 is 0 Å². The number of aliphatic imine (C=N–C) groups is 1. The van der Waals surface area contributed by atoms with Crippen LogP contribution in [0.1, 0.15) is 42.3 Å². The Morgan fingerprint density at radius 1 is 1.00 bits per heavy atom. The third kappa shape index (κ3) is 1.55. The molecule has 4 rings (SSSR count). The van der Waals surface area contributed by atoms with Crippen molar-refractivity contribution in [2.75, 3.05) is 0 Å². The maximum Gasteiger partial charge on any atom is 0.179 e. The first kappa shape index (κ1) is 13.4. The molecule has 0 radical (unpaired) electrons. The van der Waals surface area contributed by atoms with Crippen LogP contribution in [0.4, 0.5) is 5.69 Å². The smallest absolute Gasteiger partial charge is 0.179 e. The predicted octanol–water partition coefficient (Wildman–Crippen LogP) is 4.50. The molecule has 0 aromatic heterocycles. The fourth-order valence-electron chi connectivity index (χ4n) is 3.98. The summed E-state index contributed by atoms with van der Waals surface area (Å²) in [6.45, 7) is 6.45. The molecule has 1 aliphatic carbocycles. The van der Waals surface area contributed by atoms with Gasteiger partial charge < -0.3 is 0 Å². The summed E-state index contributed by atoms with van der Waals surface area (Å²) in [5.41, 5.74) is 4.28. The van der Waals surface area contributed by atoms with Crippen molar-refractivity contribution in [1.82, 2.24) is 0 Å². The lowest BCUT2D eigenvalue weighted by Crippen LogP contribution is -2.45. The Labute approximate surface area is 130 Å². The standard InChI is InChI=1S/C20H19NO/c1-19(2,3)18-20(15-10-6-7-11-16(15)21-18)12-13-8-4-5-9-14(13)17(20)22/h4-11H,12H2,1-3H3/t20-/m1/s1. The molecule has 0 N–H and O–H groups in total. The molecule has 0 fully saturated rings. The first-order valence-electron chi connectivity index (χ1n) is 7.76. The summed E-state index contributed by atoms with van der Waals surface area (Å²) >= 11 is 0. The zero-order chi connectivity index (χ0) is 15.5. The number of rotatable bonds is 0. The average Bonchev–Trinajstić information content (AvgIpc) is 2.97. The minimum Gasteiger partial charge on any atom is -0.293 e. The van der Waals surface area contributed by atoms with Gasteiger partial charge in [-0.1, -0.05) is 63.2 Å². The molecule has 1 heterocycles. The van der Waals surface area contributed by atoms with Crippen LogP contribution in [0.5, 0.6) is 0 Å². The van der Waals surface area contributed by atoms with Crippen LogP contribution >= 0.6 is 0 Å². The second-order valence-corrected chi connectivity index (χ2v) is 7.30. The number of nitrogens with zero attached hydrogens (tertiary/aromatic N) is 1. The molecule has 1 spiro atoms. The van der Waals surface area contributed by atoms with Gasteiger partial charge in [-0.25, -0.2) is 0 Å². The van der Waals surface area contributed by atoms with E-state index in [0.717, 1.165) is 34.5 Å². The second kappa shape index (κ2) is 4.16. The van der Waals surface area contributed by atoms with Crippen LogP contribution in [0, 0.1) is 5.41 Å². The van der Waals surface area contributed by atoms with E-state index in [4.69, 9.17) is 4.99 Å². The molecule has 2 heteroatoms. The van der Waals surface area contributed by atoms with Gasteiger partial charge in [-0.15, -0.1) is 0 Å². The molecule has 0 bridgehead atoms. The lowest BCUT2D eigenvalue weighted by atomic mass is 9.67. The van der Waals surface area contributed by atoms with Gasteiger partial charge in [-0.05, 0) is 23.6 Å². The molecule has 0 amide bonds. The van der Waals surface area contributed by atoms with Gasteiger partial charge in [0.25, 0.3) is 0 Å². The van der Waals surface area contributed by atoms with Crippen LogP contribution in [0.25, 0.3) is 0 Å². The van der Waals surface area contributed by atoms with E-state index in [2.05, 4.69) is 32.9 Å². The molecule has 2 aliphatic rings. The highest BCUT2D eigenvalue weighted by Crippen LogP contribution is 2.52. The third-order valence-corrected chi connectivity index (χ3v) is 4.82. The molecule has 2 aromatic carbocycles. The van der Waals surface area contributed by atoms with Gasteiger partial charge in [0.15, 0.2) is 5.78 Å². The third-order valence-electron chi connectivity index (χ3n) is 4.82. The molecule has 2 nitrogen and oxygen atoms in total. The number of benzene rings is 2. The van der Waals surface area contributed by atoms with Crippen LogP contribution < -0.4 is 0 Å². The molecular weight excluding hydrogens is 270 g/mol. The van der Waals surface area contributed by atoms with E-state index in [0.29, 0.717) is 0 Å². The van der Waals surface area contributed by atoms with Gasteiger partial charge in [-0.3, -0.25) is 9.79 Å². The SMILES string of the molecule is CC(C)(C)C1=Nc2ccccc2[C@@]12Cc1ccccc1C2=O. The first-order chi connectivity index (χ1) is 10.4. The van der Waals surface area contributed by atoms with Gasteiger partial charge in [0.2, 0.25) is 0 Å². The Bertz CT molecular complexity index is 826. The van der Waals surface area contributed by atoms with Gasteiger partial charge in [0.1, 0.15) is 5.41 Å². The zero-order valence-corrected chi connectivity index (χ0v) is 13.2. The lowest BCUT2D eigenvalue weighted by Gasteiger charge is -2.33. The van der Waals surface area contributed by atoms with Crippen LogP contribution in [0.3, 0.4) is 0 Å². The van der Waals surface area contributed by atoms with E-state index in [1.165, 1.54) is 0 Å². The molecule has 0 saturated carbocycles. The maximum absolute atomic E-state index is 13.4. The molecule has 0 saturated heterocycles. The Morgan fingerprint density at radius 2 is 1.68 bits per heavy atom. The van der Waals surface area contributed by atoms with Crippen molar-refractivity contribution in [3.63, 3.8) is 0 Å². The van der Waals surface area contributed by atoms with Crippen LogP contribution in [0.15, 0.2) is 53.5 Å². The summed E-state index contributed by atoms with van der Waals surface area (Å²) in [5, 5.41) is 0. The highest BCUT2D eigenvalue weighted by atomic mass is 16.1. The quantitative estimate of drug-likeness (QED) is 0.702. The topological polar surface area (TPSA) is 29.4 Å². The number of ketones is 1. The van der Waals surface area contributed by atoms with Crippen molar-refractivity contribution >= 4 is 17.2 Å². The number of Topliss-reactive ketones (excluding diaryl/α,β-unsaturated/α-hetero) is 1. The molecule has 0 unspecified atom stereocenters.